The second-order valence-electron chi connectivity index (χ2n) is 6.06. The largest absolute Gasteiger partial charge is 0.393 e. The molecule has 1 aromatic heterocycles. The van der Waals surface area contributed by atoms with E-state index in [4.69, 9.17) is 21.7 Å². The maximum Gasteiger partial charge on any atom is 0.254 e. The van der Waals surface area contributed by atoms with Crippen molar-refractivity contribution in [1.29, 1.82) is 0 Å². The molecule has 3 fully saturated rings. The Kier molecular flexibility index (Phi) is 2.60. The van der Waals surface area contributed by atoms with Crippen molar-refractivity contribution in [3.8, 4) is 0 Å². The molecule has 3 N–H and O–H groups in total. The third-order valence-electron chi connectivity index (χ3n) is 4.89. The standard InChI is InChI=1S/C13H16N2O5S/c1-6-4-15(11(21)14-9(6)18)10-7-8(17)13(5-16,20-10)12(19-7)2-3-12/h4,7-8,10,16-17H,2-3,5H2,1H3,(H,14,18,21)/t7-,8?,10+,13+/m0/s1. The molecule has 7 nitrogen and oxygen atoms in total. The van der Waals surface area contributed by atoms with Crippen LogP contribution in [0.2, 0.25) is 0 Å². The Balaban J connectivity index is 1.79. The zero-order valence-electron chi connectivity index (χ0n) is 11.4. The van der Waals surface area contributed by atoms with E-state index in [9.17, 15) is 15.0 Å². The van der Waals surface area contributed by atoms with Gasteiger partial charge in [0.1, 0.15) is 17.8 Å². The minimum atomic E-state index is -1.10. The van der Waals surface area contributed by atoms with Crippen LogP contribution < -0.4 is 5.56 Å². The average molecular weight is 312 g/mol. The first-order chi connectivity index (χ1) is 9.94. The molecule has 4 rings (SSSR count). The fraction of sp³-hybridized carbons (Fsp3) is 0.692. The molecular formula is C13H16N2O5S. The second-order valence-corrected chi connectivity index (χ2v) is 6.44. The Hall–Kier alpha value is -1.06. The number of aryl methyl sites for hydroxylation is 1. The quantitative estimate of drug-likeness (QED) is 0.653. The fourth-order valence-corrected chi connectivity index (χ4v) is 3.80. The van der Waals surface area contributed by atoms with Gasteiger partial charge in [-0.2, -0.15) is 0 Å². The number of rotatable bonds is 2. The Morgan fingerprint density at radius 3 is 2.86 bits per heavy atom. The van der Waals surface area contributed by atoms with Gasteiger partial charge in [0.2, 0.25) is 0 Å². The van der Waals surface area contributed by atoms with E-state index in [1.807, 2.05) is 0 Å². The molecule has 4 atom stereocenters. The molecule has 1 aromatic rings. The molecule has 3 aliphatic rings. The molecular weight excluding hydrogens is 296 g/mol. The van der Waals surface area contributed by atoms with Gasteiger partial charge >= 0.3 is 0 Å². The van der Waals surface area contributed by atoms with Gasteiger partial charge in [0, 0.05) is 11.8 Å². The molecule has 21 heavy (non-hydrogen) atoms. The number of aromatic amines is 1. The van der Waals surface area contributed by atoms with Gasteiger partial charge < -0.3 is 19.7 Å². The molecule has 1 aliphatic carbocycles. The molecule has 0 amide bonds. The highest BCUT2D eigenvalue weighted by Gasteiger charge is 2.78. The van der Waals surface area contributed by atoms with E-state index in [0.29, 0.717) is 5.56 Å². The van der Waals surface area contributed by atoms with Crippen molar-refractivity contribution in [3.05, 3.63) is 26.9 Å². The Morgan fingerprint density at radius 2 is 2.24 bits per heavy atom. The van der Waals surface area contributed by atoms with Gasteiger partial charge in [-0.15, -0.1) is 0 Å². The van der Waals surface area contributed by atoms with Crippen LogP contribution in [0.4, 0.5) is 0 Å². The number of aromatic nitrogens is 2. The lowest BCUT2D eigenvalue weighted by molar-refractivity contribution is -0.235. The summed E-state index contributed by atoms with van der Waals surface area (Å²) >= 11 is 5.16. The summed E-state index contributed by atoms with van der Waals surface area (Å²) in [5.41, 5.74) is -1.43. The van der Waals surface area contributed by atoms with E-state index in [0.717, 1.165) is 12.8 Å². The third kappa shape index (κ3) is 1.51. The van der Waals surface area contributed by atoms with Crippen molar-refractivity contribution in [2.45, 2.75) is 49.4 Å². The summed E-state index contributed by atoms with van der Waals surface area (Å²) in [6, 6.07) is 0. The van der Waals surface area contributed by atoms with Crippen LogP contribution in [0.3, 0.4) is 0 Å². The summed E-state index contributed by atoms with van der Waals surface area (Å²) in [5.74, 6) is 0. The van der Waals surface area contributed by atoms with E-state index >= 15 is 0 Å². The highest BCUT2D eigenvalue weighted by atomic mass is 32.1. The van der Waals surface area contributed by atoms with Crippen LogP contribution in [0, 0.1) is 11.7 Å². The van der Waals surface area contributed by atoms with Gasteiger partial charge in [-0.05, 0) is 32.0 Å². The number of fused-ring (bicyclic) bond motifs is 3. The van der Waals surface area contributed by atoms with Crippen molar-refractivity contribution in [2.75, 3.05) is 6.61 Å². The number of hydrogen-bond donors (Lipinski definition) is 3. The first kappa shape index (κ1) is 13.6. The molecule has 1 saturated carbocycles. The molecule has 2 saturated heterocycles. The molecule has 1 unspecified atom stereocenters. The lowest BCUT2D eigenvalue weighted by Crippen LogP contribution is -2.52. The summed E-state index contributed by atoms with van der Waals surface area (Å²) in [5, 5.41) is 20.2. The van der Waals surface area contributed by atoms with Gasteiger partial charge in [-0.25, -0.2) is 0 Å². The zero-order valence-corrected chi connectivity index (χ0v) is 12.2. The smallest absolute Gasteiger partial charge is 0.254 e. The Morgan fingerprint density at radius 1 is 1.52 bits per heavy atom. The van der Waals surface area contributed by atoms with Crippen LogP contribution in [-0.2, 0) is 9.47 Å². The molecule has 2 bridgehead atoms. The predicted octanol–water partition coefficient (Wildman–Crippen LogP) is -0.233. The van der Waals surface area contributed by atoms with Gasteiger partial charge in [0.15, 0.2) is 16.6 Å². The minimum Gasteiger partial charge on any atom is -0.393 e. The van der Waals surface area contributed by atoms with E-state index in [1.54, 1.807) is 17.7 Å². The number of H-pyrrole nitrogens is 1. The van der Waals surface area contributed by atoms with Crippen LogP contribution in [0.5, 0.6) is 0 Å². The van der Waals surface area contributed by atoms with Crippen LogP contribution in [0.15, 0.2) is 11.0 Å². The molecule has 114 valence electrons. The van der Waals surface area contributed by atoms with Gasteiger partial charge in [0.05, 0.1) is 6.61 Å². The molecule has 1 spiro atoms. The van der Waals surface area contributed by atoms with Crippen molar-refractivity contribution in [1.82, 2.24) is 9.55 Å². The predicted molar refractivity (Wildman–Crippen MR) is 73.4 cm³/mol. The van der Waals surface area contributed by atoms with Crippen LogP contribution in [0.25, 0.3) is 0 Å². The van der Waals surface area contributed by atoms with Crippen molar-refractivity contribution in [2.24, 2.45) is 0 Å². The normalized spacial score (nSPS) is 39.1. The monoisotopic (exact) mass is 312 g/mol. The fourth-order valence-electron chi connectivity index (χ4n) is 3.55. The lowest BCUT2D eigenvalue weighted by Gasteiger charge is -2.37. The van der Waals surface area contributed by atoms with E-state index in [-0.39, 0.29) is 16.9 Å². The molecule has 0 radical (unpaired) electrons. The number of nitrogens with one attached hydrogen (secondary N) is 1. The summed E-state index contributed by atoms with van der Waals surface area (Å²) < 4.78 is 13.7. The van der Waals surface area contributed by atoms with Crippen molar-refractivity contribution < 1.29 is 19.7 Å². The Labute approximate surface area is 125 Å². The first-order valence-corrected chi connectivity index (χ1v) is 7.32. The van der Waals surface area contributed by atoms with Gasteiger partial charge in [-0.1, -0.05) is 0 Å². The summed E-state index contributed by atoms with van der Waals surface area (Å²) in [7, 11) is 0. The maximum atomic E-state index is 11.6. The van der Waals surface area contributed by atoms with Gasteiger partial charge in [-0.3, -0.25) is 14.3 Å². The number of hydrogen-bond acceptors (Lipinski definition) is 6. The topological polar surface area (TPSA) is 96.7 Å². The number of aliphatic hydroxyl groups excluding tert-OH is 2. The van der Waals surface area contributed by atoms with Crippen molar-refractivity contribution in [3.63, 3.8) is 0 Å². The Bertz CT molecular complexity index is 724. The zero-order chi connectivity index (χ0) is 15.0. The van der Waals surface area contributed by atoms with E-state index in [1.165, 1.54) is 0 Å². The van der Waals surface area contributed by atoms with Crippen LogP contribution in [0.1, 0.15) is 24.6 Å². The molecule has 8 heteroatoms. The number of aliphatic hydroxyl groups is 2. The van der Waals surface area contributed by atoms with Crippen LogP contribution in [-0.4, -0.2) is 49.8 Å². The number of nitrogens with zero attached hydrogens (tertiary/aromatic N) is 1. The highest BCUT2D eigenvalue weighted by Crippen LogP contribution is 2.63. The van der Waals surface area contributed by atoms with Gasteiger partial charge in [0.25, 0.3) is 5.56 Å². The van der Waals surface area contributed by atoms with Crippen LogP contribution >= 0.6 is 12.2 Å². The minimum absolute atomic E-state index is 0.205. The summed E-state index contributed by atoms with van der Waals surface area (Å²) in [6.07, 6.45) is 0.961. The lowest BCUT2D eigenvalue weighted by atomic mass is 9.91. The third-order valence-corrected chi connectivity index (χ3v) is 5.21. The van der Waals surface area contributed by atoms with E-state index in [2.05, 4.69) is 4.98 Å². The molecule has 2 aliphatic heterocycles. The summed E-state index contributed by atoms with van der Waals surface area (Å²) in [6.45, 7) is 1.36. The average Bonchev–Trinajstić information content (AvgIpc) is 3.12. The summed E-state index contributed by atoms with van der Waals surface area (Å²) in [4.78, 5) is 14.1. The highest BCUT2D eigenvalue weighted by molar-refractivity contribution is 7.71. The second kappa shape index (κ2) is 4.02. The van der Waals surface area contributed by atoms with Crippen molar-refractivity contribution >= 4 is 12.2 Å². The SMILES string of the molecule is Cc1cn([C@@H]2O[C@]3(CO)C(O)[C@@H]2OC32CC2)c(=S)[nH]c1=O. The molecule has 0 aromatic carbocycles. The molecule has 3 heterocycles. The van der Waals surface area contributed by atoms with E-state index < -0.39 is 29.6 Å². The maximum absolute atomic E-state index is 11.6. The first-order valence-electron chi connectivity index (χ1n) is 6.91. The number of ether oxygens (including phenoxy) is 2.